The number of rotatable bonds is 9. The summed E-state index contributed by atoms with van der Waals surface area (Å²) in [5.41, 5.74) is 0.842. The zero-order valence-corrected chi connectivity index (χ0v) is 23.7. The third kappa shape index (κ3) is 4.96. The van der Waals surface area contributed by atoms with Gasteiger partial charge in [-0.1, -0.05) is 47.5 Å². The second-order valence-electron chi connectivity index (χ2n) is 11.0. The lowest BCUT2D eigenvalue weighted by Crippen LogP contribution is -2.53. The normalized spacial score (nSPS) is 28.1. The molecule has 5 rings (SSSR count). The summed E-state index contributed by atoms with van der Waals surface area (Å²) in [5, 5.41) is 10.7. The van der Waals surface area contributed by atoms with E-state index in [0.717, 1.165) is 11.1 Å². The van der Waals surface area contributed by atoms with Gasteiger partial charge in [0, 0.05) is 35.6 Å². The van der Waals surface area contributed by atoms with Crippen molar-refractivity contribution in [2.75, 3.05) is 13.6 Å². The van der Waals surface area contributed by atoms with E-state index in [1.165, 1.54) is 4.31 Å². The standard InChI is InChI=1S/C28H32Cl2N2O5S/c1-17(12-13-31(2)38(36,37)22-10-11-22)32-25(18-6-8-20(29)9-7-18)23(19-4-3-5-21(30)14-19)15-28(27(32)35)16-24(28)26(33)34/h3-9,14,17,22-25H,10-13,15-16H2,1-2H3,(H,33,34)/t17-,23+,24?,25+,28-/m0/s1. The molecule has 1 unspecified atom stereocenters. The van der Waals surface area contributed by atoms with Gasteiger partial charge in [-0.05, 0) is 74.4 Å². The Bertz CT molecular complexity index is 1350. The minimum atomic E-state index is -3.34. The van der Waals surface area contributed by atoms with E-state index in [-0.39, 0.29) is 35.7 Å². The maximum Gasteiger partial charge on any atom is 0.307 e. The molecule has 1 saturated heterocycles. The van der Waals surface area contributed by atoms with Crippen LogP contribution in [0.2, 0.25) is 10.0 Å². The molecule has 38 heavy (non-hydrogen) atoms. The van der Waals surface area contributed by atoms with Gasteiger partial charge in [-0.15, -0.1) is 0 Å². The second-order valence-corrected chi connectivity index (χ2v) is 14.2. The highest BCUT2D eigenvalue weighted by Gasteiger charge is 2.69. The number of carboxylic acid groups (broad SMARTS) is 1. The van der Waals surface area contributed by atoms with Gasteiger partial charge in [-0.25, -0.2) is 12.7 Å². The summed E-state index contributed by atoms with van der Waals surface area (Å²) < 4.78 is 26.8. The first-order chi connectivity index (χ1) is 18.0. The van der Waals surface area contributed by atoms with Gasteiger partial charge in [0.15, 0.2) is 0 Å². The molecule has 0 radical (unpaired) electrons. The molecule has 3 fully saturated rings. The molecule has 7 nitrogen and oxygen atoms in total. The Morgan fingerprint density at radius 3 is 2.37 bits per heavy atom. The molecule has 2 aromatic rings. The van der Waals surface area contributed by atoms with Gasteiger partial charge >= 0.3 is 5.97 Å². The highest BCUT2D eigenvalue weighted by atomic mass is 35.5. The molecular formula is C28H32Cl2N2O5S. The minimum Gasteiger partial charge on any atom is -0.481 e. The van der Waals surface area contributed by atoms with Crippen molar-refractivity contribution >= 4 is 45.1 Å². The lowest BCUT2D eigenvalue weighted by Gasteiger charge is -2.48. The summed E-state index contributed by atoms with van der Waals surface area (Å²) in [6, 6.07) is 14.2. The summed E-state index contributed by atoms with van der Waals surface area (Å²) >= 11 is 12.6. The molecule has 204 valence electrons. The molecule has 1 spiro atoms. The average molecular weight is 580 g/mol. The molecule has 0 bridgehead atoms. The first-order valence-electron chi connectivity index (χ1n) is 13.0. The van der Waals surface area contributed by atoms with E-state index in [9.17, 15) is 23.1 Å². The van der Waals surface area contributed by atoms with E-state index >= 15 is 0 Å². The molecular weight excluding hydrogens is 547 g/mol. The first kappa shape index (κ1) is 27.4. The fourth-order valence-electron chi connectivity index (χ4n) is 6.08. The van der Waals surface area contributed by atoms with E-state index in [1.54, 1.807) is 25.2 Å². The van der Waals surface area contributed by atoms with Gasteiger partial charge in [0.05, 0.1) is 22.6 Å². The van der Waals surface area contributed by atoms with Gasteiger partial charge < -0.3 is 10.0 Å². The van der Waals surface area contributed by atoms with Crippen molar-refractivity contribution in [1.29, 1.82) is 0 Å². The Morgan fingerprint density at radius 2 is 1.79 bits per heavy atom. The number of carbonyl (C=O) groups is 2. The number of sulfonamides is 1. The number of carboxylic acids is 1. The molecule has 2 aromatic carbocycles. The molecule has 10 heteroatoms. The molecule has 1 heterocycles. The predicted octanol–water partition coefficient (Wildman–Crippen LogP) is 5.34. The molecule has 2 saturated carbocycles. The van der Waals surface area contributed by atoms with Crippen LogP contribution in [0, 0.1) is 11.3 Å². The van der Waals surface area contributed by atoms with Crippen LogP contribution in [0.4, 0.5) is 0 Å². The maximum atomic E-state index is 14.2. The second kappa shape index (κ2) is 10.1. The van der Waals surface area contributed by atoms with Crippen molar-refractivity contribution in [1.82, 2.24) is 9.21 Å². The number of amides is 1. The number of hydrogen-bond donors (Lipinski definition) is 1. The lowest BCUT2D eigenvalue weighted by molar-refractivity contribution is -0.153. The van der Waals surface area contributed by atoms with Crippen LogP contribution in [0.25, 0.3) is 0 Å². The zero-order valence-electron chi connectivity index (χ0n) is 21.4. The SMILES string of the molecule is C[C@@H](CCN(C)S(=O)(=O)C1CC1)N1C(=O)[C@]2(CC2C(=O)O)C[C@H](c2cccc(Cl)c2)[C@H]1c1ccc(Cl)cc1. The number of likely N-dealkylation sites (tertiary alicyclic amines) is 1. The van der Waals surface area contributed by atoms with Crippen molar-refractivity contribution < 1.29 is 23.1 Å². The van der Waals surface area contributed by atoms with Crippen molar-refractivity contribution in [3.05, 3.63) is 69.7 Å². The van der Waals surface area contributed by atoms with E-state index in [0.29, 0.717) is 42.1 Å². The average Bonchev–Trinajstić information content (AvgIpc) is 3.79. The third-order valence-electron chi connectivity index (χ3n) is 8.50. The van der Waals surface area contributed by atoms with E-state index in [1.807, 2.05) is 42.2 Å². The summed E-state index contributed by atoms with van der Waals surface area (Å²) in [4.78, 5) is 28.1. The van der Waals surface area contributed by atoms with Gasteiger partial charge in [0.2, 0.25) is 15.9 Å². The minimum absolute atomic E-state index is 0.177. The maximum absolute atomic E-state index is 14.2. The summed E-state index contributed by atoms with van der Waals surface area (Å²) in [6.45, 7) is 2.19. The van der Waals surface area contributed by atoms with Crippen molar-refractivity contribution in [3.8, 4) is 0 Å². The molecule has 1 aliphatic heterocycles. The van der Waals surface area contributed by atoms with Crippen LogP contribution in [-0.2, 0) is 19.6 Å². The van der Waals surface area contributed by atoms with Crippen molar-refractivity contribution in [2.24, 2.45) is 11.3 Å². The van der Waals surface area contributed by atoms with Crippen LogP contribution in [0.1, 0.15) is 62.1 Å². The Kier molecular flexibility index (Phi) is 7.31. The first-order valence-corrected chi connectivity index (χ1v) is 15.2. The number of carbonyl (C=O) groups excluding carboxylic acids is 1. The Morgan fingerprint density at radius 1 is 1.11 bits per heavy atom. The third-order valence-corrected chi connectivity index (χ3v) is 11.4. The van der Waals surface area contributed by atoms with Crippen LogP contribution < -0.4 is 0 Å². The molecule has 0 aromatic heterocycles. The number of aliphatic carboxylic acids is 1. The number of halogens is 2. The fraction of sp³-hybridized carbons (Fsp3) is 0.500. The largest absolute Gasteiger partial charge is 0.481 e. The Balaban J connectivity index is 1.54. The fourth-order valence-corrected chi connectivity index (χ4v) is 8.00. The van der Waals surface area contributed by atoms with Crippen LogP contribution in [0.5, 0.6) is 0 Å². The predicted molar refractivity (Wildman–Crippen MR) is 147 cm³/mol. The molecule has 1 N–H and O–H groups in total. The molecule has 3 aliphatic rings. The topological polar surface area (TPSA) is 95.0 Å². The zero-order chi connectivity index (χ0) is 27.4. The van der Waals surface area contributed by atoms with Gasteiger partial charge in [-0.3, -0.25) is 9.59 Å². The van der Waals surface area contributed by atoms with Crippen molar-refractivity contribution in [3.63, 3.8) is 0 Å². The van der Waals surface area contributed by atoms with Crippen LogP contribution >= 0.6 is 23.2 Å². The van der Waals surface area contributed by atoms with Crippen LogP contribution in [0.3, 0.4) is 0 Å². The summed E-state index contributed by atoms with van der Waals surface area (Å²) in [7, 11) is -1.75. The Labute approximate surface area is 233 Å². The van der Waals surface area contributed by atoms with E-state index in [2.05, 4.69) is 0 Å². The van der Waals surface area contributed by atoms with Crippen LogP contribution in [0.15, 0.2) is 48.5 Å². The highest BCUT2D eigenvalue weighted by Crippen LogP contribution is 2.65. The van der Waals surface area contributed by atoms with Gasteiger partial charge in [0.1, 0.15) is 0 Å². The summed E-state index contributed by atoms with van der Waals surface area (Å²) in [6.07, 6.45) is 2.49. The number of nitrogens with zero attached hydrogens (tertiary/aromatic N) is 2. The van der Waals surface area contributed by atoms with Crippen LogP contribution in [-0.4, -0.2) is 59.5 Å². The van der Waals surface area contributed by atoms with E-state index < -0.39 is 27.3 Å². The van der Waals surface area contributed by atoms with E-state index in [4.69, 9.17) is 23.2 Å². The van der Waals surface area contributed by atoms with Gasteiger partial charge in [-0.2, -0.15) is 0 Å². The monoisotopic (exact) mass is 578 g/mol. The molecule has 1 amide bonds. The van der Waals surface area contributed by atoms with Crippen molar-refractivity contribution in [2.45, 2.75) is 62.3 Å². The molecule has 2 aliphatic carbocycles. The lowest BCUT2D eigenvalue weighted by atomic mass is 9.72. The number of benzene rings is 2. The highest BCUT2D eigenvalue weighted by molar-refractivity contribution is 7.90. The quantitative estimate of drug-likeness (QED) is 0.433. The molecule has 5 atom stereocenters. The smallest absolute Gasteiger partial charge is 0.307 e. The Hall–Kier alpha value is -2.13. The number of hydrogen-bond acceptors (Lipinski definition) is 4. The van der Waals surface area contributed by atoms with Gasteiger partial charge in [0.25, 0.3) is 0 Å². The summed E-state index contributed by atoms with van der Waals surface area (Å²) in [5.74, 6) is -2.08. The number of piperidine rings is 1.